The van der Waals surface area contributed by atoms with Gasteiger partial charge < -0.3 is 15.5 Å². The molecule has 0 radical (unpaired) electrons. The van der Waals surface area contributed by atoms with Gasteiger partial charge in [-0.2, -0.15) is 0 Å². The van der Waals surface area contributed by atoms with Crippen LogP contribution in [0, 0.1) is 0 Å². The molecule has 0 bridgehead atoms. The lowest BCUT2D eigenvalue weighted by Gasteiger charge is -2.43. The van der Waals surface area contributed by atoms with Crippen molar-refractivity contribution < 1.29 is 9.59 Å². The monoisotopic (exact) mass is 425 g/mol. The Hall–Kier alpha value is -1.96. The van der Waals surface area contributed by atoms with Gasteiger partial charge in [0.1, 0.15) is 0 Å². The van der Waals surface area contributed by atoms with Crippen LogP contribution >= 0.6 is 0 Å². The van der Waals surface area contributed by atoms with Gasteiger partial charge in [0, 0.05) is 57.4 Å². The van der Waals surface area contributed by atoms with E-state index in [-0.39, 0.29) is 18.0 Å². The van der Waals surface area contributed by atoms with Crippen molar-refractivity contribution in [1.29, 1.82) is 0 Å². The topological polar surface area (TPSA) is 73.1 Å². The Morgan fingerprint density at radius 3 is 2.42 bits per heavy atom. The molecule has 1 unspecified atom stereocenters. The minimum atomic E-state index is -0.152. The maximum atomic E-state index is 12.9. The van der Waals surface area contributed by atoms with E-state index in [1.54, 1.807) is 4.90 Å². The van der Waals surface area contributed by atoms with E-state index < -0.39 is 0 Å². The van der Waals surface area contributed by atoms with Gasteiger partial charge in [0.25, 0.3) is 5.91 Å². The van der Waals surface area contributed by atoms with Gasteiger partial charge >= 0.3 is 0 Å². The lowest BCUT2D eigenvalue weighted by molar-refractivity contribution is -0.135. The van der Waals surface area contributed by atoms with Crippen LogP contribution < -0.4 is 5.73 Å². The molecule has 2 N–H and O–H groups in total. The van der Waals surface area contributed by atoms with Crippen LogP contribution in [0.5, 0.6) is 0 Å². The molecule has 2 saturated heterocycles. The summed E-state index contributed by atoms with van der Waals surface area (Å²) in [6.45, 7) is 6.66. The molecule has 31 heavy (non-hydrogen) atoms. The van der Waals surface area contributed by atoms with E-state index in [0.29, 0.717) is 6.54 Å². The molecule has 3 heterocycles. The summed E-state index contributed by atoms with van der Waals surface area (Å²) < 4.78 is 0. The standard InChI is InChI=1S/C24H35N5O2/c25-22-5-2-9-29(22)24(31)19-6-7-20-16-26(10-8-18(20)15-19)17-23(30)28-13-11-27(12-14-28)21-3-1-4-21/h6-7,15,21-22H,1-5,8-14,16-17,25H2. The van der Waals surface area contributed by atoms with E-state index in [1.165, 1.54) is 30.4 Å². The van der Waals surface area contributed by atoms with Gasteiger partial charge in [-0.3, -0.25) is 19.4 Å². The average Bonchev–Trinajstić information content (AvgIpc) is 3.18. The summed E-state index contributed by atoms with van der Waals surface area (Å²) in [7, 11) is 0. The molecule has 2 amide bonds. The molecule has 4 aliphatic rings. The van der Waals surface area contributed by atoms with Crippen molar-refractivity contribution in [2.45, 2.75) is 57.3 Å². The Morgan fingerprint density at radius 2 is 1.74 bits per heavy atom. The molecule has 1 aromatic rings. The van der Waals surface area contributed by atoms with Crippen LogP contribution in [0.4, 0.5) is 0 Å². The Kier molecular flexibility index (Phi) is 5.99. The summed E-state index contributed by atoms with van der Waals surface area (Å²) in [6.07, 6.45) is 6.62. The van der Waals surface area contributed by atoms with Crippen LogP contribution in [-0.2, 0) is 17.8 Å². The highest BCUT2D eigenvalue weighted by Gasteiger charge is 2.31. The first-order valence-electron chi connectivity index (χ1n) is 12.0. The molecule has 3 fully saturated rings. The molecule has 1 aliphatic carbocycles. The second kappa shape index (κ2) is 8.88. The Balaban J connectivity index is 1.15. The van der Waals surface area contributed by atoms with E-state index in [4.69, 9.17) is 5.73 Å². The minimum absolute atomic E-state index is 0.0476. The number of hydrogen-bond donors (Lipinski definition) is 1. The van der Waals surface area contributed by atoms with Crippen molar-refractivity contribution in [1.82, 2.24) is 19.6 Å². The van der Waals surface area contributed by atoms with Crippen LogP contribution in [0.1, 0.15) is 53.6 Å². The fourth-order valence-corrected chi connectivity index (χ4v) is 5.47. The third-order valence-electron chi connectivity index (χ3n) is 7.72. The smallest absolute Gasteiger partial charge is 0.255 e. The number of likely N-dealkylation sites (tertiary alicyclic amines) is 1. The van der Waals surface area contributed by atoms with Gasteiger partial charge in [-0.05, 0) is 55.4 Å². The third kappa shape index (κ3) is 4.36. The number of nitrogens with two attached hydrogens (primary N) is 1. The summed E-state index contributed by atoms with van der Waals surface area (Å²) in [4.78, 5) is 34.3. The predicted octanol–water partition coefficient (Wildman–Crippen LogP) is 1.26. The summed E-state index contributed by atoms with van der Waals surface area (Å²) in [5, 5.41) is 0. The van der Waals surface area contributed by atoms with E-state index in [9.17, 15) is 9.59 Å². The number of carbonyl (C=O) groups excluding carboxylic acids is 2. The van der Waals surface area contributed by atoms with E-state index in [0.717, 1.165) is 76.7 Å². The SMILES string of the molecule is NC1CCCN1C(=O)c1ccc2c(c1)CCN(CC(=O)N1CCN(C3CCC3)CC1)C2. The number of nitrogens with zero attached hydrogens (tertiary/aromatic N) is 4. The zero-order chi connectivity index (χ0) is 21.4. The fraction of sp³-hybridized carbons (Fsp3) is 0.667. The first kappa shape index (κ1) is 20.9. The highest BCUT2D eigenvalue weighted by Crippen LogP contribution is 2.26. The fourth-order valence-electron chi connectivity index (χ4n) is 5.47. The number of piperazine rings is 1. The van der Waals surface area contributed by atoms with Gasteiger partial charge in [-0.15, -0.1) is 0 Å². The highest BCUT2D eigenvalue weighted by molar-refractivity contribution is 5.95. The summed E-state index contributed by atoms with van der Waals surface area (Å²) >= 11 is 0. The first-order valence-corrected chi connectivity index (χ1v) is 12.0. The second-order valence-electron chi connectivity index (χ2n) is 9.65. The Morgan fingerprint density at radius 1 is 0.935 bits per heavy atom. The van der Waals surface area contributed by atoms with E-state index >= 15 is 0 Å². The van der Waals surface area contributed by atoms with Crippen LogP contribution in [0.25, 0.3) is 0 Å². The van der Waals surface area contributed by atoms with Gasteiger partial charge in [-0.1, -0.05) is 12.5 Å². The average molecular weight is 426 g/mol. The lowest BCUT2D eigenvalue weighted by atomic mass is 9.91. The Bertz CT molecular complexity index is 831. The summed E-state index contributed by atoms with van der Waals surface area (Å²) in [6, 6.07) is 6.81. The zero-order valence-corrected chi connectivity index (χ0v) is 18.5. The highest BCUT2D eigenvalue weighted by atomic mass is 16.2. The van der Waals surface area contributed by atoms with Crippen LogP contribution in [0.2, 0.25) is 0 Å². The molecule has 168 valence electrons. The molecular weight excluding hydrogens is 390 g/mol. The van der Waals surface area contributed by atoms with Gasteiger partial charge in [-0.25, -0.2) is 0 Å². The number of amides is 2. The van der Waals surface area contributed by atoms with Crippen LogP contribution in [0.15, 0.2) is 18.2 Å². The maximum Gasteiger partial charge on any atom is 0.255 e. The second-order valence-corrected chi connectivity index (χ2v) is 9.65. The summed E-state index contributed by atoms with van der Waals surface area (Å²) in [5.41, 5.74) is 9.28. The van der Waals surface area contributed by atoms with E-state index in [1.807, 2.05) is 17.0 Å². The predicted molar refractivity (Wildman–Crippen MR) is 119 cm³/mol. The molecule has 0 spiro atoms. The van der Waals surface area contributed by atoms with Crippen molar-refractivity contribution in [3.63, 3.8) is 0 Å². The van der Waals surface area contributed by atoms with Crippen molar-refractivity contribution >= 4 is 11.8 Å². The molecule has 1 saturated carbocycles. The summed E-state index contributed by atoms with van der Waals surface area (Å²) in [5.74, 6) is 0.304. The number of hydrogen-bond acceptors (Lipinski definition) is 5. The normalized spacial score (nSPS) is 25.4. The minimum Gasteiger partial charge on any atom is -0.339 e. The molecule has 3 aliphatic heterocycles. The molecular formula is C24H35N5O2. The van der Waals surface area contributed by atoms with E-state index in [2.05, 4.69) is 15.9 Å². The molecule has 1 aromatic carbocycles. The maximum absolute atomic E-state index is 12.9. The van der Waals surface area contributed by atoms with Crippen molar-refractivity contribution in [2.24, 2.45) is 5.73 Å². The molecule has 0 aromatic heterocycles. The van der Waals surface area contributed by atoms with Crippen molar-refractivity contribution in [3.8, 4) is 0 Å². The number of rotatable bonds is 4. The van der Waals surface area contributed by atoms with Gasteiger partial charge in [0.05, 0.1) is 12.7 Å². The zero-order valence-electron chi connectivity index (χ0n) is 18.5. The largest absolute Gasteiger partial charge is 0.339 e. The number of benzene rings is 1. The third-order valence-corrected chi connectivity index (χ3v) is 7.72. The molecule has 1 atom stereocenters. The molecule has 7 heteroatoms. The van der Waals surface area contributed by atoms with Crippen LogP contribution in [-0.4, -0.2) is 89.4 Å². The quantitative estimate of drug-likeness (QED) is 0.786. The lowest BCUT2D eigenvalue weighted by Crippen LogP contribution is -2.55. The first-order chi connectivity index (χ1) is 15.1. The molecule has 5 rings (SSSR count). The Labute approximate surface area is 185 Å². The van der Waals surface area contributed by atoms with Gasteiger partial charge in [0.2, 0.25) is 5.91 Å². The van der Waals surface area contributed by atoms with Gasteiger partial charge in [0.15, 0.2) is 0 Å². The van der Waals surface area contributed by atoms with Crippen LogP contribution in [0.3, 0.4) is 0 Å². The number of fused-ring (bicyclic) bond motifs is 1. The van der Waals surface area contributed by atoms with Crippen molar-refractivity contribution in [3.05, 3.63) is 34.9 Å². The van der Waals surface area contributed by atoms with Crippen molar-refractivity contribution in [2.75, 3.05) is 45.8 Å². The number of carbonyl (C=O) groups is 2. The molecule has 7 nitrogen and oxygen atoms in total.